The largest absolute Gasteiger partial charge is 0.352 e. The first-order chi connectivity index (χ1) is 11.6. The second-order valence-corrected chi connectivity index (χ2v) is 11.7. The third-order valence-corrected chi connectivity index (χ3v) is 8.81. The van der Waals surface area contributed by atoms with Gasteiger partial charge in [-0.3, -0.25) is 9.59 Å². The Morgan fingerprint density at radius 2 is 1.64 bits per heavy atom. The number of amides is 2. The van der Waals surface area contributed by atoms with Crippen molar-refractivity contribution in [3.63, 3.8) is 0 Å². The maximum Gasteiger partial charge on any atom is 0.226 e. The van der Waals surface area contributed by atoms with Gasteiger partial charge in [0.1, 0.15) is 0 Å². The molecule has 142 valence electrons. The molecule has 2 aliphatic heterocycles. The summed E-state index contributed by atoms with van der Waals surface area (Å²) in [6, 6.07) is -0.664. The Balaban J connectivity index is 1.55. The number of hydrogen-bond donors (Lipinski definition) is 1. The average Bonchev–Trinajstić information content (AvgIpc) is 3.14. The number of sulfone groups is 2. The van der Waals surface area contributed by atoms with Gasteiger partial charge < -0.3 is 10.2 Å². The maximum atomic E-state index is 12.6. The van der Waals surface area contributed by atoms with Gasteiger partial charge in [-0.25, -0.2) is 16.8 Å². The molecule has 1 saturated carbocycles. The Labute approximate surface area is 148 Å². The normalized spacial score (nSPS) is 35.2. The highest BCUT2D eigenvalue weighted by molar-refractivity contribution is 7.91. The molecule has 0 aromatic rings. The highest BCUT2D eigenvalue weighted by Gasteiger charge is 2.51. The molecular formula is C15H24N2O6S2. The average molecular weight is 392 g/mol. The van der Waals surface area contributed by atoms with Crippen LogP contribution in [-0.2, 0) is 29.3 Å². The fraction of sp³-hybridized carbons (Fsp3) is 0.867. The summed E-state index contributed by atoms with van der Waals surface area (Å²) < 4.78 is 46.2. The van der Waals surface area contributed by atoms with Crippen molar-refractivity contribution >= 4 is 31.5 Å². The van der Waals surface area contributed by atoms with Crippen molar-refractivity contribution in [2.45, 2.75) is 38.3 Å². The predicted molar refractivity (Wildman–Crippen MR) is 91.2 cm³/mol. The second-order valence-electron chi connectivity index (χ2n) is 7.24. The fourth-order valence-electron chi connectivity index (χ4n) is 3.80. The SMILES string of the molecule is CCN(C(=O)C1CC1C(=O)NC1CCS(=O)(=O)C1)C1CCS(=O)(=O)C1. The first kappa shape index (κ1) is 18.6. The Bertz CT molecular complexity index is 776. The first-order valence-corrected chi connectivity index (χ1v) is 12.3. The van der Waals surface area contributed by atoms with Crippen molar-refractivity contribution in [1.82, 2.24) is 10.2 Å². The highest BCUT2D eigenvalue weighted by atomic mass is 32.2. The van der Waals surface area contributed by atoms with Gasteiger partial charge in [0.05, 0.1) is 34.8 Å². The first-order valence-electron chi connectivity index (χ1n) is 8.63. The zero-order valence-corrected chi connectivity index (χ0v) is 15.8. The third-order valence-electron chi connectivity index (χ3n) is 5.30. The van der Waals surface area contributed by atoms with Gasteiger partial charge in [0.2, 0.25) is 11.8 Å². The number of hydrogen-bond acceptors (Lipinski definition) is 6. The van der Waals surface area contributed by atoms with E-state index in [9.17, 15) is 26.4 Å². The number of carbonyl (C=O) groups excluding carboxylic acids is 2. The van der Waals surface area contributed by atoms with Crippen LogP contribution in [0.4, 0.5) is 0 Å². The van der Waals surface area contributed by atoms with E-state index in [4.69, 9.17) is 0 Å². The van der Waals surface area contributed by atoms with E-state index in [1.165, 1.54) is 0 Å². The molecule has 0 aromatic carbocycles. The van der Waals surface area contributed by atoms with Gasteiger partial charge in [0, 0.05) is 18.6 Å². The van der Waals surface area contributed by atoms with Gasteiger partial charge in [-0.05, 0) is 26.2 Å². The van der Waals surface area contributed by atoms with Crippen LogP contribution in [0.15, 0.2) is 0 Å². The third kappa shape index (κ3) is 4.16. The molecule has 3 fully saturated rings. The van der Waals surface area contributed by atoms with E-state index < -0.39 is 31.5 Å². The molecule has 3 rings (SSSR count). The molecule has 1 aliphatic carbocycles. The lowest BCUT2D eigenvalue weighted by Crippen LogP contribution is -2.43. The number of rotatable bonds is 5. The Morgan fingerprint density at radius 3 is 2.16 bits per heavy atom. The summed E-state index contributed by atoms with van der Waals surface area (Å²) in [5.74, 6) is -1.12. The molecule has 4 atom stereocenters. The summed E-state index contributed by atoms with van der Waals surface area (Å²) in [5.41, 5.74) is 0. The molecule has 2 saturated heterocycles. The van der Waals surface area contributed by atoms with Crippen LogP contribution in [0.1, 0.15) is 26.2 Å². The minimum absolute atomic E-state index is 0.00387. The minimum Gasteiger partial charge on any atom is -0.352 e. The smallest absolute Gasteiger partial charge is 0.226 e. The minimum atomic E-state index is -3.08. The molecule has 0 spiro atoms. The van der Waals surface area contributed by atoms with Crippen LogP contribution >= 0.6 is 0 Å². The lowest BCUT2D eigenvalue weighted by molar-refractivity contribution is -0.136. The Hall–Kier alpha value is -1.16. The van der Waals surface area contributed by atoms with Gasteiger partial charge >= 0.3 is 0 Å². The number of nitrogens with zero attached hydrogens (tertiary/aromatic N) is 1. The van der Waals surface area contributed by atoms with Crippen LogP contribution in [0, 0.1) is 11.8 Å². The second kappa shape index (κ2) is 6.53. The molecule has 0 bridgehead atoms. The van der Waals surface area contributed by atoms with Crippen molar-refractivity contribution in [1.29, 1.82) is 0 Å². The number of carbonyl (C=O) groups is 2. The predicted octanol–water partition coefficient (Wildman–Crippen LogP) is -1.04. The molecular weight excluding hydrogens is 368 g/mol. The summed E-state index contributed by atoms with van der Waals surface area (Å²) in [7, 11) is -6.14. The Kier molecular flexibility index (Phi) is 4.87. The zero-order chi connectivity index (χ0) is 18.4. The van der Waals surface area contributed by atoms with Crippen molar-refractivity contribution in [2.75, 3.05) is 29.6 Å². The summed E-state index contributed by atoms with van der Waals surface area (Å²) in [6.45, 7) is 2.23. The highest BCUT2D eigenvalue weighted by Crippen LogP contribution is 2.41. The summed E-state index contributed by atoms with van der Waals surface area (Å²) in [4.78, 5) is 26.5. The summed E-state index contributed by atoms with van der Waals surface area (Å²) in [6.07, 6.45) is 1.31. The van der Waals surface area contributed by atoms with E-state index in [1.54, 1.807) is 4.90 Å². The van der Waals surface area contributed by atoms with Crippen molar-refractivity contribution in [3.05, 3.63) is 0 Å². The van der Waals surface area contributed by atoms with Gasteiger partial charge in [0.25, 0.3) is 0 Å². The molecule has 0 radical (unpaired) electrons. The van der Waals surface area contributed by atoms with Crippen molar-refractivity contribution < 1.29 is 26.4 Å². The van der Waals surface area contributed by atoms with Crippen molar-refractivity contribution in [2.24, 2.45) is 11.8 Å². The van der Waals surface area contributed by atoms with E-state index in [-0.39, 0.29) is 46.9 Å². The van der Waals surface area contributed by atoms with Gasteiger partial charge in [-0.1, -0.05) is 0 Å². The lowest BCUT2D eigenvalue weighted by Gasteiger charge is -2.27. The maximum absolute atomic E-state index is 12.6. The molecule has 3 aliphatic rings. The molecule has 25 heavy (non-hydrogen) atoms. The van der Waals surface area contributed by atoms with E-state index >= 15 is 0 Å². The molecule has 2 heterocycles. The monoisotopic (exact) mass is 392 g/mol. The topological polar surface area (TPSA) is 118 Å². The van der Waals surface area contributed by atoms with Crippen LogP contribution in [0.3, 0.4) is 0 Å². The summed E-state index contributed by atoms with van der Waals surface area (Å²) >= 11 is 0. The van der Waals surface area contributed by atoms with Gasteiger partial charge in [-0.2, -0.15) is 0 Å². The van der Waals surface area contributed by atoms with E-state index in [2.05, 4.69) is 5.32 Å². The summed E-state index contributed by atoms with van der Waals surface area (Å²) in [5, 5.41) is 2.74. The number of nitrogens with one attached hydrogen (secondary N) is 1. The zero-order valence-electron chi connectivity index (χ0n) is 14.2. The molecule has 0 aromatic heterocycles. The fourth-order valence-corrected chi connectivity index (χ4v) is 7.21. The van der Waals surface area contributed by atoms with Crippen LogP contribution in [-0.4, -0.2) is 75.2 Å². The molecule has 8 nitrogen and oxygen atoms in total. The van der Waals surface area contributed by atoms with Crippen LogP contribution in [0.5, 0.6) is 0 Å². The van der Waals surface area contributed by atoms with E-state index in [0.717, 1.165) is 0 Å². The van der Waals surface area contributed by atoms with E-state index in [1.807, 2.05) is 6.92 Å². The molecule has 10 heteroatoms. The molecule has 2 amide bonds. The quantitative estimate of drug-likeness (QED) is 0.639. The molecule has 1 N–H and O–H groups in total. The Morgan fingerprint density at radius 1 is 1.00 bits per heavy atom. The van der Waals surface area contributed by atoms with Gasteiger partial charge in [-0.15, -0.1) is 0 Å². The lowest BCUT2D eigenvalue weighted by atomic mass is 10.1. The van der Waals surface area contributed by atoms with Crippen LogP contribution in [0.2, 0.25) is 0 Å². The molecule has 4 unspecified atom stereocenters. The van der Waals surface area contributed by atoms with Crippen LogP contribution < -0.4 is 5.32 Å². The standard InChI is InChI=1S/C15H24N2O6S2/c1-2-17(11-4-6-25(22,23)9-11)15(19)13-7-12(13)14(18)16-10-3-5-24(20,21)8-10/h10-13H,2-9H2,1H3,(H,16,18). The van der Waals surface area contributed by atoms with Crippen molar-refractivity contribution in [3.8, 4) is 0 Å². The van der Waals surface area contributed by atoms with Crippen LogP contribution in [0.25, 0.3) is 0 Å². The van der Waals surface area contributed by atoms with E-state index in [0.29, 0.717) is 25.8 Å². The van der Waals surface area contributed by atoms with Gasteiger partial charge in [0.15, 0.2) is 19.7 Å².